The molecule has 1 N–H and O–H groups in total. The van der Waals surface area contributed by atoms with E-state index in [1.165, 1.54) is 0 Å². The number of hydrogen-bond acceptors (Lipinski definition) is 5. The standard InChI is InChI=1S/C12H21NO5.C2H6/c1-11(2,3)9(15)17-8(14)7-13-10(16)18-12(4,5)6;1-2/h7H2,1-6H3,(H,13,16);1-2H3. The molecule has 0 saturated heterocycles. The summed E-state index contributed by atoms with van der Waals surface area (Å²) in [6.07, 6.45) is -0.734. The van der Waals surface area contributed by atoms with Crippen molar-refractivity contribution >= 4 is 18.0 Å². The molecule has 0 rings (SSSR count). The first-order valence-electron chi connectivity index (χ1n) is 6.64. The number of nitrogens with one attached hydrogen (secondary N) is 1. The van der Waals surface area contributed by atoms with Crippen LogP contribution in [-0.4, -0.2) is 30.2 Å². The van der Waals surface area contributed by atoms with Crippen LogP contribution in [0.4, 0.5) is 4.79 Å². The van der Waals surface area contributed by atoms with E-state index in [4.69, 9.17) is 4.74 Å². The van der Waals surface area contributed by atoms with E-state index in [-0.39, 0.29) is 0 Å². The van der Waals surface area contributed by atoms with Crippen molar-refractivity contribution in [3.05, 3.63) is 0 Å². The van der Waals surface area contributed by atoms with Crippen LogP contribution in [0.5, 0.6) is 0 Å². The van der Waals surface area contributed by atoms with E-state index in [1.54, 1.807) is 41.5 Å². The smallest absolute Gasteiger partial charge is 0.408 e. The highest BCUT2D eigenvalue weighted by Crippen LogP contribution is 2.14. The number of amides is 1. The van der Waals surface area contributed by atoms with Gasteiger partial charge in [0.1, 0.15) is 12.1 Å². The van der Waals surface area contributed by atoms with Gasteiger partial charge in [-0.1, -0.05) is 13.8 Å². The van der Waals surface area contributed by atoms with Crippen molar-refractivity contribution in [2.45, 2.75) is 61.0 Å². The van der Waals surface area contributed by atoms with E-state index < -0.39 is 35.6 Å². The maximum atomic E-state index is 11.4. The number of carbonyl (C=O) groups is 3. The fourth-order valence-corrected chi connectivity index (χ4v) is 0.751. The number of alkyl carbamates (subject to hydrolysis) is 1. The van der Waals surface area contributed by atoms with Crippen LogP contribution < -0.4 is 5.32 Å². The van der Waals surface area contributed by atoms with Gasteiger partial charge in [-0.2, -0.15) is 0 Å². The topological polar surface area (TPSA) is 81.7 Å². The SMILES string of the molecule is CC.CC(C)(C)OC(=O)NCC(=O)OC(=O)C(C)(C)C. The summed E-state index contributed by atoms with van der Waals surface area (Å²) in [7, 11) is 0. The van der Waals surface area contributed by atoms with E-state index in [1.807, 2.05) is 13.8 Å². The Hall–Kier alpha value is -1.59. The summed E-state index contributed by atoms with van der Waals surface area (Å²) < 4.78 is 9.46. The lowest BCUT2D eigenvalue weighted by atomic mass is 9.97. The number of rotatable bonds is 2. The Labute approximate surface area is 121 Å². The molecule has 0 heterocycles. The molecule has 0 aromatic carbocycles. The monoisotopic (exact) mass is 289 g/mol. The number of esters is 2. The first-order valence-corrected chi connectivity index (χ1v) is 6.64. The average Bonchev–Trinajstić information content (AvgIpc) is 2.25. The van der Waals surface area contributed by atoms with Crippen molar-refractivity contribution in [2.24, 2.45) is 5.41 Å². The molecule has 0 aliphatic heterocycles. The minimum absolute atomic E-state index is 0.406. The molecule has 0 aromatic heterocycles. The van der Waals surface area contributed by atoms with Crippen molar-refractivity contribution in [1.82, 2.24) is 5.32 Å². The summed E-state index contributed by atoms with van der Waals surface area (Å²) in [6, 6.07) is 0. The van der Waals surface area contributed by atoms with Crippen molar-refractivity contribution in [2.75, 3.05) is 6.54 Å². The zero-order valence-corrected chi connectivity index (χ0v) is 13.7. The maximum absolute atomic E-state index is 11.4. The molecule has 0 unspecified atom stereocenters. The molecule has 0 aromatic rings. The molecule has 6 heteroatoms. The van der Waals surface area contributed by atoms with E-state index in [0.29, 0.717) is 0 Å². The van der Waals surface area contributed by atoms with Crippen molar-refractivity contribution < 1.29 is 23.9 Å². The summed E-state index contributed by atoms with van der Waals surface area (Å²) in [5, 5.41) is 2.21. The third-order valence-electron chi connectivity index (χ3n) is 1.59. The third kappa shape index (κ3) is 11.5. The van der Waals surface area contributed by atoms with Crippen LogP contribution in [0.15, 0.2) is 0 Å². The largest absolute Gasteiger partial charge is 0.444 e. The molecule has 0 bridgehead atoms. The molecular weight excluding hydrogens is 262 g/mol. The molecule has 0 atom stereocenters. The Morgan fingerprint density at radius 1 is 0.950 bits per heavy atom. The fraction of sp³-hybridized carbons (Fsp3) is 0.786. The molecule has 0 radical (unpaired) electrons. The maximum Gasteiger partial charge on any atom is 0.408 e. The van der Waals surface area contributed by atoms with Crippen LogP contribution in [0.1, 0.15) is 55.4 Å². The van der Waals surface area contributed by atoms with Crippen LogP contribution in [0, 0.1) is 5.41 Å². The second kappa shape index (κ2) is 8.55. The highest BCUT2D eigenvalue weighted by atomic mass is 16.6. The van der Waals surface area contributed by atoms with Crippen LogP contribution in [-0.2, 0) is 19.1 Å². The van der Waals surface area contributed by atoms with Gasteiger partial charge in [-0.3, -0.25) is 4.79 Å². The number of carbonyl (C=O) groups excluding carboxylic acids is 3. The van der Waals surface area contributed by atoms with E-state index in [9.17, 15) is 14.4 Å². The highest BCUT2D eigenvalue weighted by molar-refractivity contribution is 5.90. The molecule has 0 saturated carbocycles. The van der Waals surface area contributed by atoms with Crippen LogP contribution >= 0.6 is 0 Å². The Bertz CT molecular complexity index is 336. The molecule has 0 aliphatic carbocycles. The van der Waals surface area contributed by atoms with Gasteiger partial charge in [0, 0.05) is 0 Å². The van der Waals surface area contributed by atoms with Gasteiger partial charge in [-0.15, -0.1) is 0 Å². The highest BCUT2D eigenvalue weighted by Gasteiger charge is 2.26. The van der Waals surface area contributed by atoms with Crippen molar-refractivity contribution in [1.29, 1.82) is 0 Å². The summed E-state index contributed by atoms with van der Waals surface area (Å²) in [5.74, 6) is -1.46. The van der Waals surface area contributed by atoms with Crippen molar-refractivity contribution in [3.8, 4) is 0 Å². The van der Waals surface area contributed by atoms with Gasteiger partial charge >= 0.3 is 18.0 Å². The second-order valence-electron chi connectivity index (χ2n) is 5.87. The molecule has 20 heavy (non-hydrogen) atoms. The van der Waals surface area contributed by atoms with Gasteiger partial charge in [0.15, 0.2) is 0 Å². The summed E-state index contributed by atoms with van der Waals surface area (Å²) in [6.45, 7) is 13.6. The fourth-order valence-electron chi connectivity index (χ4n) is 0.751. The van der Waals surface area contributed by atoms with Gasteiger partial charge in [0.05, 0.1) is 5.41 Å². The first kappa shape index (κ1) is 20.7. The van der Waals surface area contributed by atoms with Gasteiger partial charge in [0.2, 0.25) is 0 Å². The number of hydrogen-bond donors (Lipinski definition) is 1. The van der Waals surface area contributed by atoms with E-state index >= 15 is 0 Å². The van der Waals surface area contributed by atoms with Gasteiger partial charge in [-0.05, 0) is 41.5 Å². The predicted octanol–water partition coefficient (Wildman–Crippen LogP) is 2.65. The zero-order valence-electron chi connectivity index (χ0n) is 13.7. The van der Waals surface area contributed by atoms with Crippen molar-refractivity contribution in [3.63, 3.8) is 0 Å². The lowest BCUT2D eigenvalue weighted by molar-refractivity contribution is -0.165. The van der Waals surface area contributed by atoms with E-state index in [2.05, 4.69) is 10.1 Å². The molecule has 0 spiro atoms. The Balaban J connectivity index is 0. The molecule has 1 amide bonds. The molecule has 118 valence electrons. The third-order valence-corrected chi connectivity index (χ3v) is 1.59. The zero-order chi connectivity index (χ0) is 16.6. The molecule has 0 fully saturated rings. The second-order valence-corrected chi connectivity index (χ2v) is 5.87. The van der Waals surface area contributed by atoms with E-state index in [0.717, 1.165) is 0 Å². The molecule has 0 aliphatic rings. The summed E-state index contributed by atoms with van der Waals surface area (Å²) >= 11 is 0. The predicted molar refractivity (Wildman–Crippen MR) is 76.1 cm³/mol. The normalized spacial score (nSPS) is 10.8. The minimum Gasteiger partial charge on any atom is -0.444 e. The summed E-state index contributed by atoms with van der Waals surface area (Å²) in [5.41, 5.74) is -1.41. The van der Waals surface area contributed by atoms with Crippen LogP contribution in [0.2, 0.25) is 0 Å². The first-order chi connectivity index (χ1) is 8.92. The average molecular weight is 289 g/mol. The Morgan fingerprint density at radius 2 is 1.40 bits per heavy atom. The van der Waals surface area contributed by atoms with Crippen LogP contribution in [0.25, 0.3) is 0 Å². The number of ether oxygens (including phenoxy) is 2. The molecular formula is C14H27NO5. The van der Waals surface area contributed by atoms with Gasteiger partial charge in [0.25, 0.3) is 0 Å². The Kier molecular flexibility index (Phi) is 8.86. The lowest BCUT2D eigenvalue weighted by Gasteiger charge is -2.19. The summed E-state index contributed by atoms with van der Waals surface area (Å²) in [4.78, 5) is 33.8. The Morgan fingerprint density at radius 3 is 1.75 bits per heavy atom. The quantitative estimate of drug-likeness (QED) is 0.624. The minimum atomic E-state index is -0.819. The van der Waals surface area contributed by atoms with Gasteiger partial charge in [-0.25, -0.2) is 9.59 Å². The lowest BCUT2D eigenvalue weighted by Crippen LogP contribution is -2.37. The van der Waals surface area contributed by atoms with Gasteiger partial charge < -0.3 is 14.8 Å². The van der Waals surface area contributed by atoms with Crippen LogP contribution in [0.3, 0.4) is 0 Å². The molecule has 6 nitrogen and oxygen atoms in total.